The lowest BCUT2D eigenvalue weighted by atomic mass is 10.3. The van der Waals surface area contributed by atoms with Crippen molar-refractivity contribution in [1.82, 2.24) is 4.90 Å². The molecule has 0 aromatic rings. The van der Waals surface area contributed by atoms with Crippen LogP contribution in [0.15, 0.2) is 0 Å². The molecule has 0 aromatic carbocycles. The average Bonchev–Trinajstić information content (AvgIpc) is 2.31. The van der Waals surface area contributed by atoms with Gasteiger partial charge in [-0.2, -0.15) is 0 Å². The van der Waals surface area contributed by atoms with Crippen LogP contribution in [-0.2, 0) is 0 Å². The fourth-order valence-electron chi connectivity index (χ4n) is 1.37. The molecule has 1 aliphatic rings. The van der Waals surface area contributed by atoms with Crippen LogP contribution < -0.4 is 0 Å². The highest BCUT2D eigenvalue weighted by Gasteiger charge is 2.18. The summed E-state index contributed by atoms with van der Waals surface area (Å²) in [6.07, 6.45) is 3.80. The standard InChI is InChI=1S/C8H16ClN/c1-2-3-5-10-6-4-8(9)7-10/h8H,2-7H2,1H3. The fraction of sp³-hybridized carbons (Fsp3) is 1.00. The second kappa shape index (κ2) is 4.20. The zero-order valence-electron chi connectivity index (χ0n) is 6.65. The number of hydrogen-bond acceptors (Lipinski definition) is 1. The molecule has 10 heavy (non-hydrogen) atoms. The summed E-state index contributed by atoms with van der Waals surface area (Å²) in [6, 6.07) is 0. The summed E-state index contributed by atoms with van der Waals surface area (Å²) in [5, 5.41) is 0.428. The van der Waals surface area contributed by atoms with Gasteiger partial charge in [0.25, 0.3) is 0 Å². The number of nitrogens with zero attached hydrogens (tertiary/aromatic N) is 1. The first kappa shape index (κ1) is 8.35. The topological polar surface area (TPSA) is 3.24 Å². The van der Waals surface area contributed by atoms with Crippen molar-refractivity contribution in [3.8, 4) is 0 Å². The van der Waals surface area contributed by atoms with E-state index in [1.807, 2.05) is 0 Å². The zero-order chi connectivity index (χ0) is 7.40. The lowest BCUT2D eigenvalue weighted by Gasteiger charge is -2.12. The molecule has 0 N–H and O–H groups in total. The molecule has 1 heterocycles. The third kappa shape index (κ3) is 2.47. The maximum Gasteiger partial charge on any atom is 0.0475 e. The number of alkyl halides is 1. The van der Waals surface area contributed by atoms with E-state index in [1.54, 1.807) is 0 Å². The molecule has 1 atom stereocenters. The minimum absolute atomic E-state index is 0.428. The summed E-state index contributed by atoms with van der Waals surface area (Å²) in [5.41, 5.74) is 0. The Bertz CT molecular complexity index is 95.3. The van der Waals surface area contributed by atoms with Gasteiger partial charge in [0, 0.05) is 11.9 Å². The second-order valence-electron chi connectivity index (χ2n) is 3.04. The molecule has 0 spiro atoms. The average molecular weight is 162 g/mol. The number of halogens is 1. The van der Waals surface area contributed by atoms with E-state index in [0.717, 1.165) is 6.54 Å². The Morgan fingerprint density at radius 2 is 2.40 bits per heavy atom. The van der Waals surface area contributed by atoms with Crippen molar-refractivity contribution >= 4 is 11.6 Å². The van der Waals surface area contributed by atoms with Crippen molar-refractivity contribution < 1.29 is 0 Å². The Labute approximate surface area is 68.4 Å². The molecule has 0 bridgehead atoms. The summed E-state index contributed by atoms with van der Waals surface area (Å²) in [7, 11) is 0. The molecule has 1 aliphatic heterocycles. The van der Waals surface area contributed by atoms with Gasteiger partial charge in [-0.05, 0) is 25.9 Å². The normalized spacial score (nSPS) is 27.6. The SMILES string of the molecule is CCCCN1CCC(Cl)C1. The van der Waals surface area contributed by atoms with Gasteiger partial charge in [0.15, 0.2) is 0 Å². The van der Waals surface area contributed by atoms with Crippen LogP contribution in [0.1, 0.15) is 26.2 Å². The molecular weight excluding hydrogens is 146 g/mol. The molecule has 0 amide bonds. The van der Waals surface area contributed by atoms with Gasteiger partial charge >= 0.3 is 0 Å². The molecule has 1 fully saturated rings. The van der Waals surface area contributed by atoms with Crippen LogP contribution in [-0.4, -0.2) is 29.9 Å². The van der Waals surface area contributed by atoms with Crippen molar-refractivity contribution in [3.05, 3.63) is 0 Å². The quantitative estimate of drug-likeness (QED) is 0.574. The van der Waals surface area contributed by atoms with Crippen molar-refractivity contribution in [2.24, 2.45) is 0 Å². The number of hydrogen-bond donors (Lipinski definition) is 0. The third-order valence-corrected chi connectivity index (χ3v) is 2.40. The molecular formula is C8H16ClN. The molecule has 1 unspecified atom stereocenters. The number of likely N-dealkylation sites (tertiary alicyclic amines) is 1. The van der Waals surface area contributed by atoms with Gasteiger partial charge in [-0.25, -0.2) is 0 Å². The Kier molecular flexibility index (Phi) is 3.50. The predicted molar refractivity (Wildman–Crippen MR) is 45.6 cm³/mol. The lowest BCUT2D eigenvalue weighted by Crippen LogP contribution is -2.21. The Balaban J connectivity index is 2.06. The maximum absolute atomic E-state index is 5.94. The first-order valence-electron chi connectivity index (χ1n) is 4.19. The maximum atomic E-state index is 5.94. The molecule has 0 aliphatic carbocycles. The van der Waals surface area contributed by atoms with Crippen LogP contribution >= 0.6 is 11.6 Å². The smallest absolute Gasteiger partial charge is 0.0475 e. The minimum Gasteiger partial charge on any atom is -0.302 e. The summed E-state index contributed by atoms with van der Waals surface area (Å²) in [6.45, 7) is 5.81. The monoisotopic (exact) mass is 161 g/mol. The van der Waals surface area contributed by atoms with E-state index in [-0.39, 0.29) is 0 Å². The van der Waals surface area contributed by atoms with Crippen LogP contribution in [0.2, 0.25) is 0 Å². The van der Waals surface area contributed by atoms with Crippen molar-refractivity contribution in [3.63, 3.8) is 0 Å². The summed E-state index contributed by atoms with van der Waals surface area (Å²) in [5.74, 6) is 0. The van der Waals surface area contributed by atoms with Gasteiger partial charge < -0.3 is 4.90 Å². The van der Waals surface area contributed by atoms with E-state index < -0.39 is 0 Å². The molecule has 0 radical (unpaired) electrons. The molecule has 0 saturated carbocycles. The third-order valence-electron chi connectivity index (χ3n) is 2.04. The van der Waals surface area contributed by atoms with Crippen LogP contribution in [0.3, 0.4) is 0 Å². The lowest BCUT2D eigenvalue weighted by molar-refractivity contribution is 0.333. The van der Waals surface area contributed by atoms with Crippen LogP contribution in [0, 0.1) is 0 Å². The molecule has 60 valence electrons. The second-order valence-corrected chi connectivity index (χ2v) is 3.66. The van der Waals surface area contributed by atoms with Gasteiger partial charge in [0.2, 0.25) is 0 Å². The van der Waals surface area contributed by atoms with Gasteiger partial charge in [0.05, 0.1) is 0 Å². The first-order valence-corrected chi connectivity index (χ1v) is 4.63. The molecule has 2 heteroatoms. The summed E-state index contributed by atoms with van der Waals surface area (Å²) < 4.78 is 0. The van der Waals surface area contributed by atoms with E-state index in [9.17, 15) is 0 Å². The highest BCUT2D eigenvalue weighted by molar-refractivity contribution is 6.20. The van der Waals surface area contributed by atoms with E-state index in [4.69, 9.17) is 11.6 Å². The van der Waals surface area contributed by atoms with Crippen molar-refractivity contribution in [2.45, 2.75) is 31.6 Å². The van der Waals surface area contributed by atoms with Crippen LogP contribution in [0.5, 0.6) is 0 Å². The molecule has 0 aromatic heterocycles. The van der Waals surface area contributed by atoms with E-state index in [2.05, 4.69) is 11.8 Å². The van der Waals surface area contributed by atoms with Gasteiger partial charge in [-0.15, -0.1) is 11.6 Å². The Morgan fingerprint density at radius 3 is 2.90 bits per heavy atom. The Hall–Kier alpha value is 0.250. The molecule has 1 saturated heterocycles. The van der Waals surface area contributed by atoms with Gasteiger partial charge in [-0.3, -0.25) is 0 Å². The predicted octanol–water partition coefficient (Wildman–Crippen LogP) is 2.10. The largest absolute Gasteiger partial charge is 0.302 e. The van der Waals surface area contributed by atoms with Gasteiger partial charge in [0.1, 0.15) is 0 Å². The first-order chi connectivity index (χ1) is 4.83. The highest BCUT2D eigenvalue weighted by Crippen LogP contribution is 2.14. The van der Waals surface area contributed by atoms with E-state index >= 15 is 0 Å². The number of unbranched alkanes of at least 4 members (excludes halogenated alkanes) is 1. The van der Waals surface area contributed by atoms with Crippen molar-refractivity contribution in [1.29, 1.82) is 0 Å². The molecule has 1 nitrogen and oxygen atoms in total. The van der Waals surface area contributed by atoms with E-state index in [1.165, 1.54) is 32.4 Å². The van der Waals surface area contributed by atoms with E-state index in [0.29, 0.717) is 5.38 Å². The van der Waals surface area contributed by atoms with Gasteiger partial charge in [-0.1, -0.05) is 13.3 Å². The summed E-state index contributed by atoms with van der Waals surface area (Å²) >= 11 is 5.94. The van der Waals surface area contributed by atoms with Crippen LogP contribution in [0.4, 0.5) is 0 Å². The zero-order valence-corrected chi connectivity index (χ0v) is 7.40. The van der Waals surface area contributed by atoms with Crippen LogP contribution in [0.25, 0.3) is 0 Å². The fourth-order valence-corrected chi connectivity index (χ4v) is 1.66. The number of rotatable bonds is 3. The van der Waals surface area contributed by atoms with Crippen molar-refractivity contribution in [2.75, 3.05) is 19.6 Å². The summed E-state index contributed by atoms with van der Waals surface area (Å²) in [4.78, 5) is 2.46. The highest BCUT2D eigenvalue weighted by atomic mass is 35.5. The molecule has 1 rings (SSSR count). The Morgan fingerprint density at radius 1 is 1.60 bits per heavy atom. The minimum atomic E-state index is 0.428.